The predicted molar refractivity (Wildman–Crippen MR) is 67.8 cm³/mol. The number of nitrogens with zero attached hydrogens (tertiary/aromatic N) is 1. The lowest BCUT2D eigenvalue weighted by Gasteiger charge is -2.17. The molecule has 5 nitrogen and oxygen atoms in total. The van der Waals surface area contributed by atoms with Gasteiger partial charge >= 0.3 is 0 Å². The molecule has 0 bridgehead atoms. The molecule has 1 aromatic rings. The SMILES string of the molecule is CN(C)S(=O)(=O)c1ccccc1NCC(O)C(F)F. The summed E-state index contributed by atoms with van der Waals surface area (Å²) in [5, 5.41) is 11.5. The van der Waals surface area contributed by atoms with Crippen molar-refractivity contribution < 1.29 is 22.3 Å². The maximum Gasteiger partial charge on any atom is 0.265 e. The molecule has 1 aromatic carbocycles. The van der Waals surface area contributed by atoms with Crippen LogP contribution in [0.3, 0.4) is 0 Å². The minimum absolute atomic E-state index is 0.0264. The number of nitrogens with one attached hydrogen (secondary N) is 1. The first-order valence-corrected chi connectivity index (χ1v) is 6.92. The lowest BCUT2D eigenvalue weighted by molar-refractivity contribution is 0.00382. The van der Waals surface area contributed by atoms with Gasteiger partial charge in [-0.1, -0.05) is 12.1 Å². The quantitative estimate of drug-likeness (QED) is 0.820. The van der Waals surface area contributed by atoms with E-state index in [1.54, 1.807) is 6.07 Å². The number of benzene rings is 1. The molecule has 8 heteroatoms. The first-order valence-electron chi connectivity index (χ1n) is 5.48. The van der Waals surface area contributed by atoms with E-state index in [-0.39, 0.29) is 10.6 Å². The summed E-state index contributed by atoms with van der Waals surface area (Å²) < 4.78 is 49.4. The van der Waals surface area contributed by atoms with Gasteiger partial charge in [0, 0.05) is 20.6 Å². The Kier molecular flexibility index (Phi) is 5.21. The Morgan fingerprint density at radius 1 is 1.32 bits per heavy atom. The Balaban J connectivity index is 2.98. The summed E-state index contributed by atoms with van der Waals surface area (Å²) in [6, 6.07) is 5.93. The van der Waals surface area contributed by atoms with E-state index in [0.29, 0.717) is 0 Å². The van der Waals surface area contributed by atoms with E-state index >= 15 is 0 Å². The number of alkyl halides is 2. The second-order valence-electron chi connectivity index (χ2n) is 4.07. The van der Waals surface area contributed by atoms with Crippen LogP contribution in [0.25, 0.3) is 0 Å². The van der Waals surface area contributed by atoms with Gasteiger partial charge in [0.15, 0.2) is 0 Å². The van der Waals surface area contributed by atoms with Crippen molar-refractivity contribution in [2.24, 2.45) is 0 Å². The number of sulfonamides is 1. The van der Waals surface area contributed by atoms with Gasteiger partial charge in [-0.05, 0) is 12.1 Å². The first kappa shape index (κ1) is 15.8. The normalized spacial score (nSPS) is 13.8. The van der Waals surface area contributed by atoms with Gasteiger partial charge in [0.2, 0.25) is 10.0 Å². The highest BCUT2D eigenvalue weighted by atomic mass is 32.2. The molecule has 0 aliphatic heterocycles. The summed E-state index contributed by atoms with van der Waals surface area (Å²) in [5.74, 6) is 0. The van der Waals surface area contributed by atoms with Crippen molar-refractivity contribution in [3.63, 3.8) is 0 Å². The molecule has 1 atom stereocenters. The van der Waals surface area contributed by atoms with E-state index in [2.05, 4.69) is 5.32 Å². The molecule has 1 rings (SSSR count). The molecule has 2 N–H and O–H groups in total. The molecule has 0 radical (unpaired) electrons. The maximum atomic E-state index is 12.2. The van der Waals surface area contributed by atoms with E-state index in [9.17, 15) is 17.2 Å². The van der Waals surface area contributed by atoms with E-state index in [1.165, 1.54) is 32.3 Å². The Morgan fingerprint density at radius 2 is 1.89 bits per heavy atom. The van der Waals surface area contributed by atoms with Crippen molar-refractivity contribution in [2.45, 2.75) is 17.4 Å². The lowest BCUT2D eigenvalue weighted by atomic mass is 10.3. The molecular weight excluding hydrogens is 278 g/mol. The van der Waals surface area contributed by atoms with Crippen LogP contribution in [-0.4, -0.2) is 51.0 Å². The second-order valence-corrected chi connectivity index (χ2v) is 6.19. The smallest absolute Gasteiger partial charge is 0.265 e. The molecule has 1 unspecified atom stereocenters. The van der Waals surface area contributed by atoms with Gasteiger partial charge in [0.05, 0.1) is 5.69 Å². The fraction of sp³-hybridized carbons (Fsp3) is 0.455. The number of aliphatic hydroxyl groups is 1. The van der Waals surface area contributed by atoms with Crippen LogP contribution in [0.5, 0.6) is 0 Å². The van der Waals surface area contributed by atoms with Gasteiger partial charge in [0.1, 0.15) is 11.0 Å². The summed E-state index contributed by atoms with van der Waals surface area (Å²) in [4.78, 5) is -0.0264. The predicted octanol–water partition coefficient (Wildman–Crippen LogP) is 0.975. The van der Waals surface area contributed by atoms with Gasteiger partial charge in [-0.15, -0.1) is 0 Å². The monoisotopic (exact) mass is 294 g/mol. The number of para-hydroxylation sites is 1. The van der Waals surface area contributed by atoms with E-state index in [1.807, 2.05) is 0 Å². The number of hydrogen-bond acceptors (Lipinski definition) is 4. The summed E-state index contributed by atoms with van der Waals surface area (Å²) in [6.45, 7) is -0.433. The van der Waals surface area contributed by atoms with Crippen molar-refractivity contribution in [3.05, 3.63) is 24.3 Å². The van der Waals surface area contributed by atoms with Crippen LogP contribution in [0.2, 0.25) is 0 Å². The molecule has 0 aliphatic carbocycles. The summed E-state index contributed by atoms with van der Waals surface area (Å²) >= 11 is 0. The third kappa shape index (κ3) is 3.85. The van der Waals surface area contributed by atoms with Crippen molar-refractivity contribution in [3.8, 4) is 0 Å². The van der Waals surface area contributed by atoms with Crippen LogP contribution in [0.1, 0.15) is 0 Å². The third-order valence-electron chi connectivity index (χ3n) is 2.44. The largest absolute Gasteiger partial charge is 0.385 e. The van der Waals surface area contributed by atoms with Crippen LogP contribution in [0.15, 0.2) is 29.2 Å². The van der Waals surface area contributed by atoms with Gasteiger partial charge in [0.25, 0.3) is 6.43 Å². The lowest BCUT2D eigenvalue weighted by Crippen LogP contribution is -2.28. The van der Waals surface area contributed by atoms with E-state index in [4.69, 9.17) is 5.11 Å². The van der Waals surface area contributed by atoms with Crippen LogP contribution in [-0.2, 0) is 10.0 Å². The van der Waals surface area contributed by atoms with Crippen molar-refractivity contribution in [2.75, 3.05) is 26.0 Å². The zero-order valence-electron chi connectivity index (χ0n) is 10.5. The molecule has 0 amide bonds. The number of rotatable bonds is 6. The third-order valence-corrected chi connectivity index (χ3v) is 4.31. The Labute approximate surface area is 110 Å². The molecule has 0 saturated carbocycles. The molecule has 19 heavy (non-hydrogen) atoms. The summed E-state index contributed by atoms with van der Waals surface area (Å²) in [5.41, 5.74) is 0.177. The average molecular weight is 294 g/mol. The zero-order chi connectivity index (χ0) is 14.6. The Morgan fingerprint density at radius 3 is 2.42 bits per heavy atom. The van der Waals surface area contributed by atoms with Crippen molar-refractivity contribution in [1.82, 2.24) is 4.31 Å². The molecule has 108 valence electrons. The molecule has 0 aromatic heterocycles. The van der Waals surface area contributed by atoms with Crippen LogP contribution in [0.4, 0.5) is 14.5 Å². The standard InChI is InChI=1S/C11H16F2N2O3S/c1-15(2)19(17,18)10-6-4-3-5-8(10)14-7-9(16)11(12)13/h3-6,9,11,14,16H,7H2,1-2H3. The molecule has 0 fully saturated rings. The number of hydrogen-bond donors (Lipinski definition) is 2. The van der Waals surface area contributed by atoms with Crippen molar-refractivity contribution >= 4 is 15.7 Å². The zero-order valence-corrected chi connectivity index (χ0v) is 11.4. The highest BCUT2D eigenvalue weighted by Crippen LogP contribution is 2.23. The highest BCUT2D eigenvalue weighted by molar-refractivity contribution is 7.89. The average Bonchev–Trinajstić information content (AvgIpc) is 2.35. The Bertz CT molecular complexity index is 520. The summed E-state index contributed by atoms with van der Waals surface area (Å²) in [7, 11) is -0.924. The van der Waals surface area contributed by atoms with E-state index < -0.39 is 29.1 Å². The summed E-state index contributed by atoms with van der Waals surface area (Å²) in [6.07, 6.45) is -4.74. The molecule has 0 aliphatic rings. The van der Waals surface area contributed by atoms with Gasteiger partial charge in [-0.25, -0.2) is 21.5 Å². The van der Waals surface area contributed by atoms with Crippen LogP contribution < -0.4 is 5.32 Å². The van der Waals surface area contributed by atoms with E-state index in [0.717, 1.165) is 4.31 Å². The number of anilines is 1. The Hall–Kier alpha value is -1.25. The minimum atomic E-state index is -3.67. The van der Waals surface area contributed by atoms with Crippen molar-refractivity contribution in [1.29, 1.82) is 0 Å². The van der Waals surface area contributed by atoms with Gasteiger partial charge in [-0.2, -0.15) is 0 Å². The first-order chi connectivity index (χ1) is 8.76. The van der Waals surface area contributed by atoms with Gasteiger partial charge in [-0.3, -0.25) is 0 Å². The minimum Gasteiger partial charge on any atom is -0.385 e. The molecular formula is C11H16F2N2O3S. The van der Waals surface area contributed by atoms with Gasteiger partial charge < -0.3 is 10.4 Å². The topological polar surface area (TPSA) is 69.6 Å². The molecule has 0 heterocycles. The molecule has 0 spiro atoms. The number of aliphatic hydroxyl groups excluding tert-OH is 1. The second kappa shape index (κ2) is 6.27. The maximum absolute atomic E-state index is 12.2. The number of halogens is 2. The fourth-order valence-corrected chi connectivity index (χ4v) is 2.40. The molecule has 0 saturated heterocycles. The van der Waals surface area contributed by atoms with Crippen LogP contribution in [0, 0.1) is 0 Å². The highest BCUT2D eigenvalue weighted by Gasteiger charge is 2.22. The van der Waals surface area contributed by atoms with Crippen LogP contribution >= 0.6 is 0 Å². The fourth-order valence-electron chi connectivity index (χ4n) is 1.34.